The number of nitrogens with zero attached hydrogens (tertiary/aromatic N) is 2. The normalized spacial score (nSPS) is 16.1. The first kappa shape index (κ1) is 13.0. The molecule has 4 heteroatoms. The number of carbonyl (C=O) groups excluding carboxylic acids is 1. The molecule has 0 saturated carbocycles. The zero-order chi connectivity index (χ0) is 13.9. The number of benzene rings is 1. The predicted octanol–water partition coefficient (Wildman–Crippen LogP) is 3.39. The van der Waals surface area contributed by atoms with Crippen molar-refractivity contribution in [2.75, 3.05) is 13.1 Å². The molecule has 1 fully saturated rings. The summed E-state index contributed by atoms with van der Waals surface area (Å²) in [5.74, 6) is -0.276. The SMILES string of the molecule is O=C(c1cnc2cc(F)ccc2c1)N1CCCCCC1. The van der Waals surface area contributed by atoms with Crippen molar-refractivity contribution >= 4 is 16.8 Å². The highest BCUT2D eigenvalue weighted by Crippen LogP contribution is 2.17. The number of aromatic nitrogens is 1. The first-order valence-corrected chi connectivity index (χ1v) is 7.09. The summed E-state index contributed by atoms with van der Waals surface area (Å²) in [7, 11) is 0. The largest absolute Gasteiger partial charge is 0.339 e. The van der Waals surface area contributed by atoms with Crippen molar-refractivity contribution in [2.24, 2.45) is 0 Å². The van der Waals surface area contributed by atoms with Gasteiger partial charge in [0.2, 0.25) is 0 Å². The molecule has 3 nitrogen and oxygen atoms in total. The number of hydrogen-bond donors (Lipinski definition) is 0. The van der Waals surface area contributed by atoms with Crippen LogP contribution in [0.3, 0.4) is 0 Å². The van der Waals surface area contributed by atoms with Gasteiger partial charge in [0.05, 0.1) is 11.1 Å². The fourth-order valence-electron chi connectivity index (χ4n) is 2.67. The van der Waals surface area contributed by atoms with Crippen LogP contribution in [0.5, 0.6) is 0 Å². The number of pyridine rings is 1. The van der Waals surface area contributed by atoms with E-state index in [2.05, 4.69) is 4.98 Å². The molecule has 0 aliphatic carbocycles. The van der Waals surface area contributed by atoms with Crippen LogP contribution in [0.15, 0.2) is 30.5 Å². The Balaban J connectivity index is 1.89. The monoisotopic (exact) mass is 272 g/mol. The third-order valence-corrected chi connectivity index (χ3v) is 3.79. The van der Waals surface area contributed by atoms with Gasteiger partial charge in [-0.15, -0.1) is 0 Å². The molecule has 1 amide bonds. The molecule has 2 aromatic rings. The highest BCUT2D eigenvalue weighted by Gasteiger charge is 2.17. The third-order valence-electron chi connectivity index (χ3n) is 3.79. The number of hydrogen-bond acceptors (Lipinski definition) is 2. The Morgan fingerprint density at radius 3 is 2.60 bits per heavy atom. The summed E-state index contributed by atoms with van der Waals surface area (Å²) in [5.41, 5.74) is 1.17. The lowest BCUT2D eigenvalue weighted by molar-refractivity contribution is 0.0761. The lowest BCUT2D eigenvalue weighted by Gasteiger charge is -2.20. The van der Waals surface area contributed by atoms with Gasteiger partial charge in [-0.1, -0.05) is 12.8 Å². The number of rotatable bonds is 1. The topological polar surface area (TPSA) is 33.2 Å². The molecule has 1 aromatic carbocycles. The Kier molecular flexibility index (Phi) is 3.63. The predicted molar refractivity (Wildman–Crippen MR) is 76.1 cm³/mol. The molecule has 3 rings (SSSR count). The van der Waals surface area contributed by atoms with Crippen LogP contribution in [0.1, 0.15) is 36.0 Å². The molecule has 1 aliphatic heterocycles. The maximum absolute atomic E-state index is 13.1. The highest BCUT2D eigenvalue weighted by atomic mass is 19.1. The van der Waals surface area contributed by atoms with E-state index in [1.54, 1.807) is 18.3 Å². The van der Waals surface area contributed by atoms with Crippen molar-refractivity contribution in [3.8, 4) is 0 Å². The van der Waals surface area contributed by atoms with E-state index >= 15 is 0 Å². The molecule has 1 aromatic heterocycles. The summed E-state index contributed by atoms with van der Waals surface area (Å²) in [6.45, 7) is 1.64. The minimum atomic E-state index is -0.309. The molecule has 1 saturated heterocycles. The molecule has 104 valence electrons. The van der Waals surface area contributed by atoms with Crippen molar-refractivity contribution in [1.82, 2.24) is 9.88 Å². The summed E-state index contributed by atoms with van der Waals surface area (Å²) in [6.07, 6.45) is 6.07. The van der Waals surface area contributed by atoms with Crippen LogP contribution in [-0.4, -0.2) is 28.9 Å². The van der Waals surface area contributed by atoms with Crippen molar-refractivity contribution in [1.29, 1.82) is 0 Å². The van der Waals surface area contributed by atoms with Crippen LogP contribution in [0, 0.1) is 5.82 Å². The minimum Gasteiger partial charge on any atom is -0.339 e. The van der Waals surface area contributed by atoms with E-state index in [0.29, 0.717) is 11.1 Å². The maximum Gasteiger partial charge on any atom is 0.255 e. The number of likely N-dealkylation sites (tertiary alicyclic amines) is 1. The number of halogens is 1. The van der Waals surface area contributed by atoms with E-state index in [4.69, 9.17) is 0 Å². The van der Waals surface area contributed by atoms with Gasteiger partial charge in [-0.25, -0.2) is 4.39 Å². The second kappa shape index (κ2) is 5.57. The number of amides is 1. The fraction of sp³-hybridized carbons (Fsp3) is 0.375. The zero-order valence-corrected chi connectivity index (χ0v) is 11.3. The Morgan fingerprint density at radius 2 is 1.85 bits per heavy atom. The van der Waals surface area contributed by atoms with Gasteiger partial charge in [0.15, 0.2) is 0 Å². The fourth-order valence-corrected chi connectivity index (χ4v) is 2.67. The molecule has 2 heterocycles. The van der Waals surface area contributed by atoms with Crippen LogP contribution in [0.25, 0.3) is 10.9 Å². The van der Waals surface area contributed by atoms with Gasteiger partial charge in [0, 0.05) is 30.7 Å². The summed E-state index contributed by atoms with van der Waals surface area (Å²) >= 11 is 0. The molecule has 1 aliphatic rings. The van der Waals surface area contributed by atoms with E-state index < -0.39 is 0 Å². The zero-order valence-electron chi connectivity index (χ0n) is 11.3. The Hall–Kier alpha value is -1.97. The second-order valence-corrected chi connectivity index (χ2v) is 5.27. The van der Waals surface area contributed by atoms with Gasteiger partial charge in [0.1, 0.15) is 5.82 Å². The van der Waals surface area contributed by atoms with Crippen molar-refractivity contribution < 1.29 is 9.18 Å². The van der Waals surface area contributed by atoms with Gasteiger partial charge < -0.3 is 4.90 Å². The average Bonchev–Trinajstić information content (AvgIpc) is 2.75. The quantitative estimate of drug-likeness (QED) is 0.797. The first-order valence-electron chi connectivity index (χ1n) is 7.09. The minimum absolute atomic E-state index is 0.0330. The molecule has 0 N–H and O–H groups in total. The van der Waals surface area contributed by atoms with Crippen molar-refractivity contribution in [3.05, 3.63) is 41.8 Å². The molecule has 20 heavy (non-hydrogen) atoms. The standard InChI is InChI=1S/C16H17FN2O/c17-14-6-5-12-9-13(11-18-15(12)10-14)16(20)19-7-3-1-2-4-8-19/h5-6,9-11H,1-4,7-8H2. The average molecular weight is 272 g/mol. The van der Waals surface area contributed by atoms with Crippen molar-refractivity contribution in [3.63, 3.8) is 0 Å². The molecular weight excluding hydrogens is 255 g/mol. The van der Waals surface area contributed by atoms with Gasteiger partial charge >= 0.3 is 0 Å². The first-order chi connectivity index (χ1) is 9.74. The Labute approximate surface area is 117 Å². The summed E-state index contributed by atoms with van der Waals surface area (Å²) in [4.78, 5) is 18.6. The van der Waals surface area contributed by atoms with Crippen LogP contribution in [-0.2, 0) is 0 Å². The van der Waals surface area contributed by atoms with E-state index in [-0.39, 0.29) is 11.7 Å². The van der Waals surface area contributed by atoms with Gasteiger partial charge in [-0.05, 0) is 31.0 Å². The highest BCUT2D eigenvalue weighted by molar-refractivity contribution is 5.97. The number of fused-ring (bicyclic) bond motifs is 1. The lowest BCUT2D eigenvalue weighted by Crippen LogP contribution is -2.31. The van der Waals surface area contributed by atoms with Crippen LogP contribution >= 0.6 is 0 Å². The van der Waals surface area contributed by atoms with Crippen LogP contribution in [0.4, 0.5) is 4.39 Å². The molecule has 0 bridgehead atoms. The lowest BCUT2D eigenvalue weighted by atomic mass is 10.1. The van der Waals surface area contributed by atoms with Crippen LogP contribution < -0.4 is 0 Å². The van der Waals surface area contributed by atoms with E-state index in [0.717, 1.165) is 31.3 Å². The Morgan fingerprint density at radius 1 is 1.10 bits per heavy atom. The molecule has 0 spiro atoms. The maximum atomic E-state index is 13.1. The van der Waals surface area contributed by atoms with Gasteiger partial charge in [0.25, 0.3) is 5.91 Å². The summed E-state index contributed by atoms with van der Waals surface area (Å²) < 4.78 is 13.1. The van der Waals surface area contributed by atoms with Gasteiger partial charge in [-0.3, -0.25) is 9.78 Å². The van der Waals surface area contributed by atoms with E-state index in [1.807, 2.05) is 4.90 Å². The molecule has 0 radical (unpaired) electrons. The molecule has 0 unspecified atom stereocenters. The van der Waals surface area contributed by atoms with E-state index in [9.17, 15) is 9.18 Å². The van der Waals surface area contributed by atoms with Gasteiger partial charge in [-0.2, -0.15) is 0 Å². The third kappa shape index (κ3) is 2.64. The summed E-state index contributed by atoms with van der Waals surface area (Å²) in [5, 5.41) is 0.798. The molecular formula is C16H17FN2O. The van der Waals surface area contributed by atoms with Crippen molar-refractivity contribution in [2.45, 2.75) is 25.7 Å². The van der Waals surface area contributed by atoms with Crippen LogP contribution in [0.2, 0.25) is 0 Å². The Bertz CT molecular complexity index is 633. The smallest absolute Gasteiger partial charge is 0.255 e. The number of carbonyl (C=O) groups is 1. The second-order valence-electron chi connectivity index (χ2n) is 5.27. The van der Waals surface area contributed by atoms with E-state index in [1.165, 1.54) is 25.0 Å². The molecule has 0 atom stereocenters. The summed E-state index contributed by atoms with van der Waals surface area (Å²) in [6, 6.07) is 6.24.